The van der Waals surface area contributed by atoms with E-state index in [1.54, 1.807) is 12.1 Å². The maximum Gasteiger partial charge on any atom is 0.305 e. The Balaban J connectivity index is 2.17. The minimum atomic E-state index is -0.812. The zero-order valence-corrected chi connectivity index (χ0v) is 11.3. The molecule has 1 aliphatic carbocycles. The molecule has 0 saturated heterocycles. The lowest BCUT2D eigenvalue weighted by Gasteiger charge is -2.18. The van der Waals surface area contributed by atoms with Gasteiger partial charge in [0.05, 0.1) is 17.7 Å². The number of nitriles is 1. The van der Waals surface area contributed by atoms with Gasteiger partial charge in [-0.15, -0.1) is 0 Å². The molecule has 2 rings (SSSR count). The van der Waals surface area contributed by atoms with Crippen LogP contribution in [0.4, 0.5) is 5.69 Å². The monoisotopic (exact) mass is 308 g/mol. The van der Waals surface area contributed by atoms with E-state index in [2.05, 4.69) is 27.3 Å². The molecule has 2 N–H and O–H groups in total. The number of nitrogens with one attached hydrogen (secondary N) is 1. The predicted octanol–water partition coefficient (Wildman–Crippen LogP) is 2.99. The van der Waals surface area contributed by atoms with Crippen molar-refractivity contribution in [3.05, 3.63) is 28.2 Å². The van der Waals surface area contributed by atoms with Crippen molar-refractivity contribution in [2.45, 2.75) is 25.3 Å². The van der Waals surface area contributed by atoms with Crippen LogP contribution in [0.25, 0.3) is 0 Å². The van der Waals surface area contributed by atoms with Gasteiger partial charge in [0.2, 0.25) is 0 Å². The van der Waals surface area contributed by atoms with Crippen LogP contribution in [0.15, 0.2) is 22.7 Å². The Kier molecular flexibility index (Phi) is 3.87. The first-order valence-corrected chi connectivity index (χ1v) is 6.57. The molecular weight excluding hydrogens is 296 g/mol. The van der Waals surface area contributed by atoms with Crippen LogP contribution < -0.4 is 5.32 Å². The summed E-state index contributed by atoms with van der Waals surface area (Å²) in [5.41, 5.74) is 1.24. The number of nitrogens with zero attached hydrogens (tertiary/aromatic N) is 1. The summed E-state index contributed by atoms with van der Waals surface area (Å²) in [6.45, 7) is 0. The zero-order chi connectivity index (χ0) is 13.1. The summed E-state index contributed by atoms with van der Waals surface area (Å²) >= 11 is 3.35. The molecule has 94 valence electrons. The Morgan fingerprint density at radius 2 is 2.33 bits per heavy atom. The topological polar surface area (TPSA) is 73.1 Å². The number of rotatable bonds is 5. The minimum absolute atomic E-state index is 0.0854. The van der Waals surface area contributed by atoms with Crippen LogP contribution >= 0.6 is 15.9 Å². The summed E-state index contributed by atoms with van der Waals surface area (Å²) in [7, 11) is 0. The van der Waals surface area contributed by atoms with Gasteiger partial charge in [-0.3, -0.25) is 4.79 Å². The first-order chi connectivity index (χ1) is 8.60. The minimum Gasteiger partial charge on any atom is -0.481 e. The Bertz CT molecular complexity index is 506. The Labute approximate surface area is 114 Å². The summed E-state index contributed by atoms with van der Waals surface area (Å²) in [5.74, 6) is -0.403. The van der Waals surface area contributed by atoms with E-state index >= 15 is 0 Å². The van der Waals surface area contributed by atoms with Gasteiger partial charge in [-0.1, -0.05) is 15.9 Å². The van der Waals surface area contributed by atoms with Crippen molar-refractivity contribution in [1.82, 2.24) is 0 Å². The summed E-state index contributed by atoms with van der Waals surface area (Å²) in [4.78, 5) is 10.8. The van der Waals surface area contributed by atoms with Gasteiger partial charge in [-0.25, -0.2) is 0 Å². The highest BCUT2D eigenvalue weighted by Gasteiger charge is 2.33. The second kappa shape index (κ2) is 5.40. The molecule has 1 unspecified atom stereocenters. The van der Waals surface area contributed by atoms with Gasteiger partial charge in [0.1, 0.15) is 6.07 Å². The first-order valence-electron chi connectivity index (χ1n) is 5.78. The molecule has 0 aromatic heterocycles. The van der Waals surface area contributed by atoms with Crippen LogP contribution in [0.1, 0.15) is 24.8 Å². The lowest BCUT2D eigenvalue weighted by atomic mass is 10.1. The third kappa shape index (κ3) is 3.23. The van der Waals surface area contributed by atoms with Crippen LogP contribution in [0.3, 0.4) is 0 Å². The van der Waals surface area contributed by atoms with E-state index in [-0.39, 0.29) is 12.5 Å². The molecule has 1 fully saturated rings. The molecule has 1 saturated carbocycles. The first kappa shape index (κ1) is 12.9. The molecule has 1 aliphatic rings. The summed E-state index contributed by atoms with van der Waals surface area (Å²) < 4.78 is 0.869. The highest BCUT2D eigenvalue weighted by molar-refractivity contribution is 9.10. The van der Waals surface area contributed by atoms with Gasteiger partial charge < -0.3 is 10.4 Å². The Morgan fingerprint density at radius 1 is 1.61 bits per heavy atom. The number of benzene rings is 1. The number of hydrogen-bond donors (Lipinski definition) is 2. The molecule has 0 aliphatic heterocycles. The number of aliphatic carboxylic acids is 1. The molecule has 0 heterocycles. The smallest absolute Gasteiger partial charge is 0.305 e. The van der Waals surface area contributed by atoms with Crippen LogP contribution in [-0.4, -0.2) is 17.1 Å². The SMILES string of the molecule is N#Cc1ccc(Br)cc1NC(CC(=O)O)C1CC1. The third-order valence-corrected chi connectivity index (χ3v) is 3.52. The van der Waals surface area contributed by atoms with Gasteiger partial charge in [0, 0.05) is 10.5 Å². The van der Waals surface area contributed by atoms with E-state index in [9.17, 15) is 4.79 Å². The Morgan fingerprint density at radius 3 is 2.89 bits per heavy atom. The van der Waals surface area contributed by atoms with Crippen molar-refractivity contribution in [1.29, 1.82) is 5.26 Å². The maximum atomic E-state index is 10.8. The molecule has 5 heteroatoms. The van der Waals surface area contributed by atoms with Crippen molar-refractivity contribution in [2.75, 3.05) is 5.32 Å². The van der Waals surface area contributed by atoms with E-state index < -0.39 is 5.97 Å². The van der Waals surface area contributed by atoms with E-state index in [0.29, 0.717) is 17.2 Å². The van der Waals surface area contributed by atoms with Crippen LogP contribution in [0.2, 0.25) is 0 Å². The normalized spacial score (nSPS) is 15.8. The number of hydrogen-bond acceptors (Lipinski definition) is 3. The highest BCUT2D eigenvalue weighted by atomic mass is 79.9. The van der Waals surface area contributed by atoms with Gasteiger partial charge in [0.25, 0.3) is 0 Å². The molecule has 0 bridgehead atoms. The molecule has 1 atom stereocenters. The third-order valence-electron chi connectivity index (χ3n) is 3.03. The van der Waals surface area contributed by atoms with Crippen molar-refractivity contribution in [3.8, 4) is 6.07 Å². The standard InChI is InChI=1S/C13H13BrN2O2/c14-10-4-3-9(7-15)11(5-10)16-12(6-13(17)18)8-1-2-8/h3-5,8,12,16H,1-2,6H2,(H,17,18). The van der Waals surface area contributed by atoms with E-state index in [1.807, 2.05) is 6.07 Å². The van der Waals surface area contributed by atoms with Crippen LogP contribution in [-0.2, 0) is 4.79 Å². The zero-order valence-electron chi connectivity index (χ0n) is 9.69. The Hall–Kier alpha value is -1.54. The van der Waals surface area contributed by atoms with E-state index in [1.165, 1.54) is 0 Å². The predicted molar refractivity (Wildman–Crippen MR) is 71.2 cm³/mol. The molecule has 0 amide bonds. The summed E-state index contributed by atoms with van der Waals surface area (Å²) in [6.07, 6.45) is 2.20. The quantitative estimate of drug-likeness (QED) is 0.877. The fraction of sp³-hybridized carbons (Fsp3) is 0.385. The van der Waals surface area contributed by atoms with Gasteiger partial charge >= 0.3 is 5.97 Å². The van der Waals surface area contributed by atoms with Crippen LogP contribution in [0.5, 0.6) is 0 Å². The molecule has 0 radical (unpaired) electrons. The van der Waals surface area contributed by atoms with Crippen molar-refractivity contribution in [2.24, 2.45) is 5.92 Å². The second-order valence-corrected chi connectivity index (χ2v) is 5.40. The fourth-order valence-corrected chi connectivity index (χ4v) is 2.32. The number of carbonyl (C=O) groups is 1. The molecular formula is C13H13BrN2O2. The molecule has 0 spiro atoms. The van der Waals surface area contributed by atoms with E-state index in [4.69, 9.17) is 10.4 Å². The molecule has 4 nitrogen and oxygen atoms in total. The fourth-order valence-electron chi connectivity index (χ4n) is 1.96. The van der Waals surface area contributed by atoms with Crippen LogP contribution in [0, 0.1) is 17.2 Å². The van der Waals surface area contributed by atoms with E-state index in [0.717, 1.165) is 17.3 Å². The number of carboxylic acid groups (broad SMARTS) is 1. The highest BCUT2D eigenvalue weighted by Crippen LogP contribution is 2.36. The second-order valence-electron chi connectivity index (χ2n) is 4.49. The summed E-state index contributed by atoms with van der Waals surface area (Å²) in [6, 6.07) is 7.35. The van der Waals surface area contributed by atoms with Crippen molar-refractivity contribution in [3.63, 3.8) is 0 Å². The lowest BCUT2D eigenvalue weighted by Crippen LogP contribution is -2.25. The van der Waals surface area contributed by atoms with Gasteiger partial charge in [-0.2, -0.15) is 5.26 Å². The van der Waals surface area contributed by atoms with Gasteiger partial charge in [-0.05, 0) is 37.0 Å². The number of carboxylic acids is 1. The summed E-state index contributed by atoms with van der Waals surface area (Å²) in [5, 5.41) is 21.1. The van der Waals surface area contributed by atoms with Crippen molar-refractivity contribution < 1.29 is 9.90 Å². The molecule has 1 aromatic carbocycles. The molecule has 1 aromatic rings. The van der Waals surface area contributed by atoms with Gasteiger partial charge in [0.15, 0.2) is 0 Å². The average Bonchev–Trinajstić information content (AvgIpc) is 3.11. The largest absolute Gasteiger partial charge is 0.481 e. The van der Waals surface area contributed by atoms with Crippen molar-refractivity contribution >= 4 is 27.6 Å². The number of anilines is 1. The average molecular weight is 309 g/mol. The number of halogens is 1. The lowest BCUT2D eigenvalue weighted by molar-refractivity contribution is -0.137. The maximum absolute atomic E-state index is 10.8. The molecule has 18 heavy (non-hydrogen) atoms.